The molecule has 2 unspecified atom stereocenters. The van der Waals surface area contributed by atoms with E-state index in [1.54, 1.807) is 0 Å². The molecule has 0 bridgehead atoms. The van der Waals surface area contributed by atoms with E-state index in [9.17, 15) is 18.7 Å². The molecule has 4 nitrogen and oxygen atoms in total. The highest BCUT2D eigenvalue weighted by Crippen LogP contribution is 2.12. The van der Waals surface area contributed by atoms with Crippen LogP contribution in [0, 0.1) is 17.6 Å². The van der Waals surface area contributed by atoms with Crippen LogP contribution in [0.25, 0.3) is 0 Å². The Morgan fingerprint density at radius 2 is 2.00 bits per heavy atom. The van der Waals surface area contributed by atoms with Crippen molar-refractivity contribution in [2.24, 2.45) is 5.92 Å². The highest BCUT2D eigenvalue weighted by molar-refractivity contribution is 5.94. The molecule has 1 aromatic carbocycles. The van der Waals surface area contributed by atoms with E-state index in [0.29, 0.717) is 13.1 Å². The number of carbonyl (C=O) groups excluding carboxylic acids is 1. The van der Waals surface area contributed by atoms with E-state index in [1.165, 1.54) is 6.07 Å². The molecular weight excluding hydrogens is 278 g/mol. The van der Waals surface area contributed by atoms with Crippen LogP contribution >= 0.6 is 12.4 Å². The summed E-state index contributed by atoms with van der Waals surface area (Å²) >= 11 is 0. The normalized spacial score (nSPS) is 21.8. The number of benzene rings is 1. The van der Waals surface area contributed by atoms with Crippen LogP contribution in [0.4, 0.5) is 8.78 Å². The standard InChI is InChI=1S/C12H14F2N2O2.ClH/c13-8-2-1-3-9(14)11(8)12(18)16-5-7-4-15-6-10(7)17;/h1-3,7,10,15,17H,4-6H2,(H,16,18);1H. The summed E-state index contributed by atoms with van der Waals surface area (Å²) in [4.78, 5) is 11.7. The third kappa shape index (κ3) is 3.62. The van der Waals surface area contributed by atoms with E-state index in [-0.39, 0.29) is 24.9 Å². The van der Waals surface area contributed by atoms with Crippen molar-refractivity contribution in [3.63, 3.8) is 0 Å². The first-order chi connectivity index (χ1) is 8.59. The maximum absolute atomic E-state index is 13.3. The first kappa shape index (κ1) is 15.8. The van der Waals surface area contributed by atoms with Gasteiger partial charge in [0.1, 0.15) is 17.2 Å². The Morgan fingerprint density at radius 1 is 1.37 bits per heavy atom. The van der Waals surface area contributed by atoms with Gasteiger partial charge in [0.05, 0.1) is 6.10 Å². The first-order valence-electron chi connectivity index (χ1n) is 5.70. The Labute approximate surface area is 115 Å². The van der Waals surface area contributed by atoms with Crippen molar-refractivity contribution in [3.05, 3.63) is 35.4 Å². The zero-order chi connectivity index (χ0) is 13.1. The fraction of sp³-hybridized carbons (Fsp3) is 0.417. The zero-order valence-corrected chi connectivity index (χ0v) is 10.8. The second-order valence-corrected chi connectivity index (χ2v) is 4.29. The molecule has 2 atom stereocenters. The van der Waals surface area contributed by atoms with Gasteiger partial charge in [-0.2, -0.15) is 0 Å². The van der Waals surface area contributed by atoms with Gasteiger partial charge in [0.2, 0.25) is 0 Å². The molecule has 19 heavy (non-hydrogen) atoms. The summed E-state index contributed by atoms with van der Waals surface area (Å²) < 4.78 is 26.6. The van der Waals surface area contributed by atoms with Crippen LogP contribution in [0.3, 0.4) is 0 Å². The van der Waals surface area contributed by atoms with Gasteiger partial charge in [0.25, 0.3) is 5.91 Å². The molecule has 0 spiro atoms. The van der Waals surface area contributed by atoms with Gasteiger partial charge in [0, 0.05) is 25.6 Å². The van der Waals surface area contributed by atoms with E-state index in [0.717, 1.165) is 12.1 Å². The van der Waals surface area contributed by atoms with E-state index in [2.05, 4.69) is 10.6 Å². The molecule has 3 N–H and O–H groups in total. The van der Waals surface area contributed by atoms with Crippen molar-refractivity contribution in [3.8, 4) is 0 Å². The summed E-state index contributed by atoms with van der Waals surface area (Å²) in [6, 6.07) is 3.26. The highest BCUT2D eigenvalue weighted by Gasteiger charge is 2.26. The summed E-state index contributed by atoms with van der Waals surface area (Å²) in [7, 11) is 0. The summed E-state index contributed by atoms with van der Waals surface area (Å²) in [6.07, 6.45) is -0.546. The topological polar surface area (TPSA) is 61.4 Å². The fourth-order valence-corrected chi connectivity index (χ4v) is 1.95. The van der Waals surface area contributed by atoms with Crippen LogP contribution in [-0.4, -0.2) is 36.8 Å². The Morgan fingerprint density at radius 3 is 2.53 bits per heavy atom. The number of hydrogen-bond donors (Lipinski definition) is 3. The largest absolute Gasteiger partial charge is 0.391 e. The third-order valence-electron chi connectivity index (χ3n) is 3.02. The van der Waals surface area contributed by atoms with Gasteiger partial charge in [0.15, 0.2) is 0 Å². The van der Waals surface area contributed by atoms with Crippen LogP contribution in [0.15, 0.2) is 18.2 Å². The van der Waals surface area contributed by atoms with E-state index < -0.39 is 29.2 Å². The molecule has 106 valence electrons. The number of rotatable bonds is 3. The molecule has 0 saturated carbocycles. The molecule has 1 amide bonds. The lowest BCUT2D eigenvalue weighted by atomic mass is 10.1. The number of amides is 1. The number of β-amino-alcohol motifs (C(OH)–C–C–N with tert-alkyl or cyclic N) is 1. The predicted octanol–water partition coefficient (Wildman–Crippen LogP) is 0.697. The SMILES string of the molecule is Cl.O=C(NCC1CNCC1O)c1c(F)cccc1F. The predicted molar refractivity (Wildman–Crippen MR) is 68.3 cm³/mol. The molecule has 2 rings (SSSR count). The molecule has 1 aliphatic rings. The minimum absolute atomic E-state index is 0. The van der Waals surface area contributed by atoms with Crippen molar-refractivity contribution < 1.29 is 18.7 Å². The molecule has 1 heterocycles. The average Bonchev–Trinajstić information content (AvgIpc) is 2.72. The maximum atomic E-state index is 13.3. The molecule has 0 radical (unpaired) electrons. The van der Waals surface area contributed by atoms with Crippen molar-refractivity contribution in [1.29, 1.82) is 0 Å². The number of carbonyl (C=O) groups is 1. The summed E-state index contributed by atoms with van der Waals surface area (Å²) in [5.41, 5.74) is -0.585. The second-order valence-electron chi connectivity index (χ2n) is 4.29. The Bertz CT molecular complexity index is 439. The van der Waals surface area contributed by atoms with E-state index in [4.69, 9.17) is 0 Å². The van der Waals surface area contributed by atoms with Gasteiger partial charge in [-0.05, 0) is 12.1 Å². The first-order valence-corrected chi connectivity index (χ1v) is 5.70. The van der Waals surface area contributed by atoms with Crippen molar-refractivity contribution in [2.45, 2.75) is 6.10 Å². The van der Waals surface area contributed by atoms with E-state index in [1.807, 2.05) is 0 Å². The van der Waals surface area contributed by atoms with Crippen LogP contribution in [0.5, 0.6) is 0 Å². The minimum atomic E-state index is -0.891. The lowest BCUT2D eigenvalue weighted by molar-refractivity contribution is 0.0919. The molecule has 1 aromatic rings. The number of aliphatic hydroxyl groups excluding tert-OH is 1. The van der Waals surface area contributed by atoms with Crippen LogP contribution in [0.1, 0.15) is 10.4 Å². The highest BCUT2D eigenvalue weighted by atomic mass is 35.5. The second kappa shape index (κ2) is 6.79. The van der Waals surface area contributed by atoms with Gasteiger partial charge in [-0.25, -0.2) is 8.78 Å². The Hall–Kier alpha value is -1.24. The number of aliphatic hydroxyl groups is 1. The third-order valence-corrected chi connectivity index (χ3v) is 3.02. The summed E-state index contributed by atoms with van der Waals surface area (Å²) in [5, 5.41) is 14.9. The van der Waals surface area contributed by atoms with Crippen molar-refractivity contribution >= 4 is 18.3 Å². The number of nitrogens with one attached hydrogen (secondary N) is 2. The smallest absolute Gasteiger partial charge is 0.257 e. The van der Waals surface area contributed by atoms with Gasteiger partial charge >= 0.3 is 0 Å². The minimum Gasteiger partial charge on any atom is -0.391 e. The van der Waals surface area contributed by atoms with Crippen LogP contribution in [-0.2, 0) is 0 Å². The molecule has 1 fully saturated rings. The Balaban J connectivity index is 0.00000180. The van der Waals surface area contributed by atoms with E-state index >= 15 is 0 Å². The summed E-state index contributed by atoms with van der Waals surface area (Å²) in [5.74, 6) is -2.72. The average molecular weight is 293 g/mol. The lowest BCUT2D eigenvalue weighted by Gasteiger charge is -2.14. The molecule has 1 aliphatic heterocycles. The monoisotopic (exact) mass is 292 g/mol. The Kier molecular flexibility index (Phi) is 5.65. The molecule has 0 aromatic heterocycles. The van der Waals surface area contributed by atoms with Gasteiger partial charge in [-0.1, -0.05) is 6.07 Å². The molecule has 7 heteroatoms. The van der Waals surface area contributed by atoms with Gasteiger partial charge in [-0.15, -0.1) is 12.4 Å². The molecular formula is C12H15ClF2N2O2. The zero-order valence-electron chi connectivity index (χ0n) is 10.0. The lowest BCUT2D eigenvalue weighted by Crippen LogP contribution is -2.35. The van der Waals surface area contributed by atoms with Crippen molar-refractivity contribution in [1.82, 2.24) is 10.6 Å². The van der Waals surface area contributed by atoms with Crippen LogP contribution < -0.4 is 10.6 Å². The number of halogens is 3. The van der Waals surface area contributed by atoms with Gasteiger partial charge in [-0.3, -0.25) is 4.79 Å². The number of hydrogen-bond acceptors (Lipinski definition) is 3. The maximum Gasteiger partial charge on any atom is 0.257 e. The quantitative estimate of drug-likeness (QED) is 0.768. The van der Waals surface area contributed by atoms with Crippen LogP contribution in [0.2, 0.25) is 0 Å². The molecule has 1 saturated heterocycles. The van der Waals surface area contributed by atoms with Crippen molar-refractivity contribution in [2.75, 3.05) is 19.6 Å². The summed E-state index contributed by atoms with van der Waals surface area (Å²) in [6.45, 7) is 1.22. The molecule has 0 aliphatic carbocycles. The fourth-order valence-electron chi connectivity index (χ4n) is 1.95. The van der Waals surface area contributed by atoms with Gasteiger partial charge < -0.3 is 15.7 Å².